The van der Waals surface area contributed by atoms with E-state index in [1.807, 2.05) is 4.90 Å². The fourth-order valence-electron chi connectivity index (χ4n) is 6.16. The normalized spacial score (nSPS) is 23.1. The Balaban J connectivity index is 1.35. The number of carbonyl (C=O) groups is 3. The summed E-state index contributed by atoms with van der Waals surface area (Å²) in [5, 5.41) is 1.22. The van der Waals surface area contributed by atoms with Crippen molar-refractivity contribution in [2.45, 2.75) is 74.7 Å². The molecule has 218 valence electrons. The summed E-state index contributed by atoms with van der Waals surface area (Å²) in [6.45, 7) is 6.95. The lowest BCUT2D eigenvalue weighted by atomic mass is 10.2. The molecular weight excluding hydrogens is 572 g/mol. The maximum atomic E-state index is 13.9. The number of amides is 2. The first-order valence-electron chi connectivity index (χ1n) is 14.2. The molecule has 5 rings (SSSR count). The first-order chi connectivity index (χ1) is 19.1. The van der Waals surface area contributed by atoms with Crippen LogP contribution < -0.4 is 0 Å². The highest BCUT2D eigenvalue weighted by Gasteiger charge is 2.46. The number of sulfonamides is 1. The van der Waals surface area contributed by atoms with Crippen LogP contribution in [0.25, 0.3) is 10.1 Å². The smallest absolute Gasteiger partial charge is 0.253 e. The average molecular weight is 609 g/mol. The standard InChI is InChI=1S/C28H37ClN4O5S2/c1-3-23(34)18-33(40(37,38)26-15-20-8-9-21(29)16-25(20)39-26)24-10-14-31(28(24)36)19(2)27(35)32-13-6-7-22(32)17-30-11-4-5-12-30/h8-9,15-16,19,22,24H,3-7,10-14,17-18H2,1-2H3/t19?,22-,24-/m0/s1. The van der Waals surface area contributed by atoms with Crippen LogP contribution in [0.15, 0.2) is 28.5 Å². The Hall–Kier alpha value is -2.05. The molecule has 1 unspecified atom stereocenters. The summed E-state index contributed by atoms with van der Waals surface area (Å²) >= 11 is 7.17. The number of hydrogen-bond donors (Lipinski definition) is 0. The molecule has 0 radical (unpaired) electrons. The van der Waals surface area contributed by atoms with Crippen LogP contribution >= 0.6 is 22.9 Å². The number of rotatable bonds is 10. The van der Waals surface area contributed by atoms with Gasteiger partial charge in [-0.2, -0.15) is 4.31 Å². The summed E-state index contributed by atoms with van der Waals surface area (Å²) in [5.74, 6) is -0.783. The van der Waals surface area contributed by atoms with Crippen LogP contribution in [0.4, 0.5) is 0 Å². The van der Waals surface area contributed by atoms with Gasteiger partial charge in [0.25, 0.3) is 10.0 Å². The second kappa shape index (κ2) is 12.1. The summed E-state index contributed by atoms with van der Waals surface area (Å²) in [4.78, 5) is 45.8. The summed E-state index contributed by atoms with van der Waals surface area (Å²) in [5.41, 5.74) is 0. The number of carbonyl (C=O) groups excluding carboxylic acids is 3. The molecule has 9 nitrogen and oxygen atoms in total. The lowest BCUT2D eigenvalue weighted by molar-refractivity contribution is -0.144. The Morgan fingerprint density at radius 1 is 1.10 bits per heavy atom. The minimum atomic E-state index is -4.16. The Bertz CT molecular complexity index is 1390. The summed E-state index contributed by atoms with van der Waals surface area (Å²) in [6.07, 6.45) is 4.66. The number of thiophene rings is 1. The zero-order chi connectivity index (χ0) is 28.6. The molecule has 0 saturated carbocycles. The van der Waals surface area contributed by atoms with E-state index < -0.39 is 28.0 Å². The van der Waals surface area contributed by atoms with Crippen molar-refractivity contribution in [1.82, 2.24) is 19.0 Å². The Morgan fingerprint density at radius 3 is 2.58 bits per heavy atom. The van der Waals surface area contributed by atoms with Crippen molar-refractivity contribution < 1.29 is 22.8 Å². The van der Waals surface area contributed by atoms with Crippen molar-refractivity contribution >= 4 is 60.6 Å². The van der Waals surface area contributed by atoms with Crippen molar-refractivity contribution in [3.8, 4) is 0 Å². The Kier molecular flexibility index (Phi) is 8.87. The highest BCUT2D eigenvalue weighted by atomic mass is 35.5. The maximum Gasteiger partial charge on any atom is 0.253 e. The van der Waals surface area contributed by atoms with Gasteiger partial charge in [-0.05, 0) is 75.7 Å². The summed E-state index contributed by atoms with van der Waals surface area (Å²) in [7, 11) is -4.16. The topological polar surface area (TPSA) is 98.3 Å². The number of hydrogen-bond acceptors (Lipinski definition) is 7. The van der Waals surface area contributed by atoms with Crippen LogP contribution in [-0.2, 0) is 24.4 Å². The van der Waals surface area contributed by atoms with Crippen molar-refractivity contribution in [1.29, 1.82) is 0 Å². The van der Waals surface area contributed by atoms with Crippen LogP contribution in [0.5, 0.6) is 0 Å². The lowest BCUT2D eigenvalue weighted by Gasteiger charge is -2.33. The fraction of sp³-hybridized carbons (Fsp3) is 0.607. The van der Waals surface area contributed by atoms with Gasteiger partial charge < -0.3 is 14.7 Å². The third kappa shape index (κ3) is 5.81. The van der Waals surface area contributed by atoms with Crippen molar-refractivity contribution in [2.24, 2.45) is 0 Å². The van der Waals surface area contributed by atoms with Crippen molar-refractivity contribution in [3.63, 3.8) is 0 Å². The minimum Gasteiger partial charge on any atom is -0.337 e. The molecule has 3 saturated heterocycles. The van der Waals surface area contributed by atoms with E-state index in [2.05, 4.69) is 4.90 Å². The van der Waals surface area contributed by atoms with Gasteiger partial charge in [0.1, 0.15) is 22.1 Å². The van der Waals surface area contributed by atoms with Gasteiger partial charge in [0.2, 0.25) is 11.8 Å². The molecule has 0 bridgehead atoms. The number of halogens is 1. The van der Waals surface area contributed by atoms with E-state index >= 15 is 0 Å². The molecular formula is C28H37ClN4O5S2. The van der Waals surface area contributed by atoms with Gasteiger partial charge in [0, 0.05) is 41.8 Å². The molecule has 3 aliphatic rings. The largest absolute Gasteiger partial charge is 0.337 e. The number of ketones is 1. The van der Waals surface area contributed by atoms with Gasteiger partial charge in [0.15, 0.2) is 0 Å². The molecule has 4 heterocycles. The lowest BCUT2D eigenvalue weighted by Crippen LogP contribution is -2.53. The predicted octanol–water partition coefficient (Wildman–Crippen LogP) is 3.60. The third-order valence-corrected chi connectivity index (χ3v) is 12.1. The monoisotopic (exact) mass is 608 g/mol. The molecule has 40 heavy (non-hydrogen) atoms. The van der Waals surface area contributed by atoms with E-state index in [-0.39, 0.29) is 47.9 Å². The number of benzene rings is 1. The van der Waals surface area contributed by atoms with Gasteiger partial charge >= 0.3 is 0 Å². The molecule has 0 N–H and O–H groups in total. The molecule has 2 aromatic rings. The quantitative estimate of drug-likeness (QED) is 0.409. The summed E-state index contributed by atoms with van der Waals surface area (Å²) in [6, 6.07) is 5.11. The van der Waals surface area contributed by atoms with Crippen LogP contribution in [0.2, 0.25) is 5.02 Å². The van der Waals surface area contributed by atoms with Crippen molar-refractivity contribution in [2.75, 3.05) is 39.3 Å². The van der Waals surface area contributed by atoms with E-state index in [0.29, 0.717) is 16.3 Å². The first kappa shape index (κ1) is 29.4. The number of nitrogens with zero attached hydrogens (tertiary/aromatic N) is 4. The second-order valence-electron chi connectivity index (χ2n) is 11.0. The van der Waals surface area contributed by atoms with Crippen molar-refractivity contribution in [3.05, 3.63) is 29.3 Å². The highest BCUT2D eigenvalue weighted by molar-refractivity contribution is 7.91. The third-order valence-electron chi connectivity index (χ3n) is 8.46. The van der Waals surface area contributed by atoms with Gasteiger partial charge in [-0.3, -0.25) is 14.4 Å². The zero-order valence-corrected chi connectivity index (χ0v) is 25.4. The van der Waals surface area contributed by atoms with Crippen LogP contribution in [0.3, 0.4) is 0 Å². The molecule has 3 atom stereocenters. The van der Waals surface area contributed by atoms with E-state index in [1.165, 1.54) is 17.7 Å². The van der Waals surface area contributed by atoms with Crippen LogP contribution in [0.1, 0.15) is 52.4 Å². The van der Waals surface area contributed by atoms with Crippen LogP contribution in [-0.4, -0.2) is 102 Å². The summed E-state index contributed by atoms with van der Waals surface area (Å²) < 4.78 is 29.6. The molecule has 12 heteroatoms. The van der Waals surface area contributed by atoms with E-state index in [9.17, 15) is 22.8 Å². The van der Waals surface area contributed by atoms with E-state index in [1.54, 1.807) is 38.1 Å². The zero-order valence-electron chi connectivity index (χ0n) is 23.1. The number of Topliss-reactive ketones (excluding diaryl/α,β-unsaturated/α-hetero) is 1. The first-order valence-corrected chi connectivity index (χ1v) is 16.8. The Labute approximate surface area is 245 Å². The van der Waals surface area contributed by atoms with Gasteiger partial charge in [0.05, 0.1) is 6.54 Å². The molecule has 1 aromatic heterocycles. The van der Waals surface area contributed by atoms with Crippen LogP contribution in [0, 0.1) is 0 Å². The maximum absolute atomic E-state index is 13.9. The average Bonchev–Trinajstić information content (AvgIpc) is 3.74. The molecule has 0 spiro atoms. The molecule has 3 fully saturated rings. The van der Waals surface area contributed by atoms with Gasteiger partial charge in [-0.15, -0.1) is 11.3 Å². The molecule has 0 aliphatic carbocycles. The SMILES string of the molecule is CCC(=O)CN([C@H]1CCN(C(C)C(=O)N2CCC[C@H]2CN2CCCC2)C1=O)S(=O)(=O)c1cc2ccc(Cl)cc2s1. The second-order valence-corrected chi connectivity index (χ2v) is 14.7. The molecule has 3 aliphatic heterocycles. The fourth-order valence-corrected chi connectivity index (χ4v) is 9.56. The highest BCUT2D eigenvalue weighted by Crippen LogP contribution is 2.35. The number of fused-ring (bicyclic) bond motifs is 1. The van der Waals surface area contributed by atoms with Gasteiger partial charge in [-0.1, -0.05) is 24.6 Å². The predicted molar refractivity (Wildman–Crippen MR) is 156 cm³/mol. The van der Waals surface area contributed by atoms with E-state index in [0.717, 1.165) is 53.5 Å². The van der Waals surface area contributed by atoms with E-state index in [4.69, 9.17) is 11.6 Å². The number of likely N-dealkylation sites (tertiary alicyclic amines) is 3. The molecule has 1 aromatic carbocycles. The van der Waals surface area contributed by atoms with Gasteiger partial charge in [-0.25, -0.2) is 8.42 Å². The molecule has 2 amide bonds. The minimum absolute atomic E-state index is 0.0610. The Morgan fingerprint density at radius 2 is 1.85 bits per heavy atom.